The van der Waals surface area contributed by atoms with E-state index in [9.17, 15) is 14.4 Å². The van der Waals surface area contributed by atoms with Crippen molar-refractivity contribution in [2.75, 3.05) is 11.9 Å². The SMILES string of the molecule is CCOc1cc(/C=C(\C#N)C(=O)Nc2ccc(Cl)c(Cl)c2)cc(I)c1OCc1ccc(F)cc1. The van der Waals surface area contributed by atoms with Crippen LogP contribution in [0.5, 0.6) is 11.5 Å². The third-order valence-corrected chi connectivity index (χ3v) is 6.02. The molecule has 0 heterocycles. The van der Waals surface area contributed by atoms with E-state index in [1.165, 1.54) is 24.3 Å². The van der Waals surface area contributed by atoms with E-state index in [-0.39, 0.29) is 23.0 Å². The maximum absolute atomic E-state index is 13.1. The van der Waals surface area contributed by atoms with Crippen LogP contribution < -0.4 is 14.8 Å². The Morgan fingerprint density at radius 3 is 2.50 bits per heavy atom. The fourth-order valence-corrected chi connectivity index (χ4v) is 3.98. The van der Waals surface area contributed by atoms with Crippen LogP contribution in [0.2, 0.25) is 10.0 Å². The highest BCUT2D eigenvalue weighted by molar-refractivity contribution is 14.1. The van der Waals surface area contributed by atoms with Gasteiger partial charge in [0.1, 0.15) is 24.1 Å². The summed E-state index contributed by atoms with van der Waals surface area (Å²) in [6.45, 7) is 2.45. The molecule has 0 aromatic heterocycles. The molecule has 0 radical (unpaired) electrons. The largest absolute Gasteiger partial charge is 0.490 e. The second kappa shape index (κ2) is 12.1. The molecule has 174 valence electrons. The predicted molar refractivity (Wildman–Crippen MR) is 140 cm³/mol. The number of nitrogens with zero attached hydrogens (tertiary/aromatic N) is 1. The number of nitrogens with one attached hydrogen (secondary N) is 1. The van der Waals surface area contributed by atoms with Gasteiger partial charge in [-0.25, -0.2) is 4.39 Å². The quantitative estimate of drug-likeness (QED) is 0.166. The molecule has 0 bridgehead atoms. The van der Waals surface area contributed by atoms with Gasteiger partial charge in [0, 0.05) is 5.69 Å². The zero-order chi connectivity index (χ0) is 24.7. The van der Waals surface area contributed by atoms with Gasteiger partial charge in [0.05, 0.1) is 20.2 Å². The van der Waals surface area contributed by atoms with Crippen LogP contribution in [-0.4, -0.2) is 12.5 Å². The van der Waals surface area contributed by atoms with Crippen molar-refractivity contribution in [3.05, 3.63) is 90.7 Å². The van der Waals surface area contributed by atoms with Crippen LogP contribution in [-0.2, 0) is 11.4 Å². The Kier molecular flexibility index (Phi) is 9.16. The number of carbonyl (C=O) groups is 1. The average Bonchev–Trinajstić information content (AvgIpc) is 2.80. The Morgan fingerprint density at radius 1 is 1.12 bits per heavy atom. The van der Waals surface area contributed by atoms with Gasteiger partial charge >= 0.3 is 0 Å². The minimum Gasteiger partial charge on any atom is -0.490 e. The summed E-state index contributed by atoms with van der Waals surface area (Å²) in [4.78, 5) is 12.6. The van der Waals surface area contributed by atoms with Crippen molar-refractivity contribution in [2.24, 2.45) is 0 Å². The number of ether oxygens (including phenoxy) is 2. The van der Waals surface area contributed by atoms with E-state index in [1.54, 1.807) is 36.4 Å². The first kappa shape index (κ1) is 25.8. The Bertz CT molecular complexity index is 1270. The molecular formula is C25H18Cl2FIN2O3. The molecule has 0 fully saturated rings. The standard InChI is InChI=1S/C25H18Cl2FIN2O3/c1-2-33-23-11-16(10-22(29)24(23)34-14-15-3-5-18(28)6-4-15)9-17(13-30)25(32)31-19-7-8-20(26)21(27)12-19/h3-12H,2,14H2,1H3,(H,31,32)/b17-9+. The summed E-state index contributed by atoms with van der Waals surface area (Å²) in [5.41, 5.74) is 1.69. The summed E-state index contributed by atoms with van der Waals surface area (Å²) in [7, 11) is 0. The lowest BCUT2D eigenvalue weighted by molar-refractivity contribution is -0.112. The van der Waals surface area contributed by atoms with Crippen molar-refractivity contribution in [2.45, 2.75) is 13.5 Å². The number of nitriles is 1. The monoisotopic (exact) mass is 610 g/mol. The topological polar surface area (TPSA) is 71.3 Å². The van der Waals surface area contributed by atoms with Gasteiger partial charge < -0.3 is 14.8 Å². The van der Waals surface area contributed by atoms with Crippen molar-refractivity contribution in [1.82, 2.24) is 0 Å². The van der Waals surface area contributed by atoms with E-state index >= 15 is 0 Å². The maximum atomic E-state index is 13.1. The van der Waals surface area contributed by atoms with Crippen molar-refractivity contribution >= 4 is 63.5 Å². The highest BCUT2D eigenvalue weighted by Crippen LogP contribution is 2.35. The summed E-state index contributed by atoms with van der Waals surface area (Å²) in [5, 5.41) is 12.8. The minimum atomic E-state index is -0.592. The second-order valence-corrected chi connectivity index (χ2v) is 8.91. The normalized spacial score (nSPS) is 11.0. The number of halogens is 4. The average molecular weight is 611 g/mol. The molecule has 0 unspecified atom stereocenters. The first-order valence-electron chi connectivity index (χ1n) is 10.0. The van der Waals surface area contributed by atoms with Crippen LogP contribution in [0.1, 0.15) is 18.1 Å². The van der Waals surface area contributed by atoms with Crippen LogP contribution >= 0.6 is 45.8 Å². The molecule has 3 aromatic carbocycles. The maximum Gasteiger partial charge on any atom is 0.266 e. The number of amides is 1. The summed E-state index contributed by atoms with van der Waals surface area (Å²) >= 11 is 14.0. The third kappa shape index (κ3) is 6.86. The van der Waals surface area contributed by atoms with Crippen LogP contribution in [0.4, 0.5) is 10.1 Å². The predicted octanol–water partition coefficient (Wildman–Crippen LogP) is 7.26. The van der Waals surface area contributed by atoms with E-state index in [0.717, 1.165) is 9.13 Å². The van der Waals surface area contributed by atoms with Crippen LogP contribution in [0.25, 0.3) is 6.08 Å². The molecule has 1 amide bonds. The Hall–Kier alpha value is -2.80. The van der Waals surface area contributed by atoms with Gasteiger partial charge in [-0.05, 0) is 89.2 Å². The molecule has 9 heteroatoms. The van der Waals surface area contributed by atoms with Gasteiger partial charge in [-0.2, -0.15) is 5.26 Å². The van der Waals surface area contributed by atoms with E-state index in [0.29, 0.717) is 34.4 Å². The zero-order valence-electron chi connectivity index (χ0n) is 17.9. The van der Waals surface area contributed by atoms with E-state index < -0.39 is 5.91 Å². The van der Waals surface area contributed by atoms with Crippen molar-refractivity contribution in [3.8, 4) is 17.6 Å². The van der Waals surface area contributed by atoms with Gasteiger partial charge in [-0.1, -0.05) is 35.3 Å². The lowest BCUT2D eigenvalue weighted by atomic mass is 10.1. The molecule has 0 aliphatic rings. The zero-order valence-corrected chi connectivity index (χ0v) is 21.5. The fourth-order valence-electron chi connectivity index (χ4n) is 2.90. The van der Waals surface area contributed by atoms with Crippen LogP contribution in [0.15, 0.2) is 60.2 Å². The van der Waals surface area contributed by atoms with E-state index in [4.69, 9.17) is 32.7 Å². The molecule has 34 heavy (non-hydrogen) atoms. The number of benzene rings is 3. The summed E-state index contributed by atoms with van der Waals surface area (Å²) in [6.07, 6.45) is 1.46. The lowest BCUT2D eigenvalue weighted by Gasteiger charge is -2.15. The molecule has 0 aliphatic heterocycles. The number of rotatable bonds is 8. The first-order chi connectivity index (χ1) is 16.3. The smallest absolute Gasteiger partial charge is 0.266 e. The fraction of sp³-hybridized carbons (Fsp3) is 0.120. The van der Waals surface area contributed by atoms with Crippen molar-refractivity contribution in [1.29, 1.82) is 5.26 Å². The molecule has 1 N–H and O–H groups in total. The van der Waals surface area contributed by atoms with Crippen molar-refractivity contribution < 1.29 is 18.7 Å². The van der Waals surface area contributed by atoms with Gasteiger partial charge in [-0.15, -0.1) is 0 Å². The number of carbonyl (C=O) groups excluding carboxylic acids is 1. The second-order valence-electron chi connectivity index (χ2n) is 6.93. The highest BCUT2D eigenvalue weighted by Gasteiger charge is 2.15. The number of hydrogen-bond donors (Lipinski definition) is 1. The molecule has 0 saturated heterocycles. The van der Waals surface area contributed by atoms with Gasteiger partial charge in [0.2, 0.25) is 0 Å². The molecule has 0 aliphatic carbocycles. The van der Waals surface area contributed by atoms with Gasteiger partial charge in [0.15, 0.2) is 11.5 Å². The highest BCUT2D eigenvalue weighted by atomic mass is 127. The van der Waals surface area contributed by atoms with E-state index in [1.807, 2.05) is 13.0 Å². The summed E-state index contributed by atoms with van der Waals surface area (Å²) in [5.74, 6) is 0.0686. The molecule has 3 rings (SSSR count). The summed E-state index contributed by atoms with van der Waals surface area (Å²) < 4.78 is 25.5. The molecule has 0 atom stereocenters. The lowest BCUT2D eigenvalue weighted by Crippen LogP contribution is -2.13. The summed E-state index contributed by atoms with van der Waals surface area (Å²) in [6, 6.07) is 16.0. The molecule has 5 nitrogen and oxygen atoms in total. The molecule has 3 aromatic rings. The van der Waals surface area contributed by atoms with Crippen LogP contribution in [0, 0.1) is 20.7 Å². The Balaban J connectivity index is 1.84. The first-order valence-corrected chi connectivity index (χ1v) is 11.9. The van der Waals surface area contributed by atoms with Crippen molar-refractivity contribution in [3.63, 3.8) is 0 Å². The van der Waals surface area contributed by atoms with Crippen LogP contribution in [0.3, 0.4) is 0 Å². The molecule has 0 saturated carbocycles. The third-order valence-electron chi connectivity index (χ3n) is 4.48. The Morgan fingerprint density at radius 2 is 1.85 bits per heavy atom. The molecular weight excluding hydrogens is 593 g/mol. The van der Waals surface area contributed by atoms with Gasteiger partial charge in [0.25, 0.3) is 5.91 Å². The number of anilines is 1. The minimum absolute atomic E-state index is 0.107. The Labute approximate surface area is 220 Å². The van der Waals surface area contributed by atoms with E-state index in [2.05, 4.69) is 27.9 Å². The van der Waals surface area contributed by atoms with Gasteiger partial charge in [-0.3, -0.25) is 4.79 Å². The number of hydrogen-bond acceptors (Lipinski definition) is 4. The molecule has 0 spiro atoms.